The second-order valence-corrected chi connectivity index (χ2v) is 8.86. The number of hydrogen-bond donors (Lipinski definition) is 0. The predicted molar refractivity (Wildman–Crippen MR) is 84.5 cm³/mol. The molecule has 21 heavy (non-hydrogen) atoms. The van der Waals surface area contributed by atoms with E-state index in [0.717, 1.165) is 18.4 Å². The van der Waals surface area contributed by atoms with E-state index in [1.54, 1.807) is 16.4 Å². The number of fused-ring (bicyclic) bond motifs is 1. The lowest BCUT2D eigenvalue weighted by atomic mass is 9.87. The smallest absolute Gasteiger partial charge is 0.207 e. The van der Waals surface area contributed by atoms with Gasteiger partial charge >= 0.3 is 0 Å². The largest absolute Gasteiger partial charge is 0.243 e. The summed E-state index contributed by atoms with van der Waals surface area (Å²) < 4.78 is 27.1. The topological polar surface area (TPSA) is 37.4 Å². The zero-order valence-corrected chi connectivity index (χ0v) is 13.6. The van der Waals surface area contributed by atoms with Gasteiger partial charge in [0, 0.05) is 13.1 Å². The minimum absolute atomic E-state index is 0.190. The van der Waals surface area contributed by atoms with Crippen LogP contribution in [0, 0.1) is 24.2 Å². The molecule has 0 spiro atoms. The molecular formula is C17H23NO2S. The van der Waals surface area contributed by atoms with Crippen molar-refractivity contribution in [2.45, 2.75) is 31.6 Å². The molecule has 2 fully saturated rings. The van der Waals surface area contributed by atoms with Crippen LogP contribution >= 0.6 is 0 Å². The number of sulfonamides is 1. The summed E-state index contributed by atoms with van der Waals surface area (Å²) in [5.74, 6) is 0.960. The Labute approximate surface area is 127 Å². The van der Waals surface area contributed by atoms with Crippen molar-refractivity contribution in [3.05, 3.63) is 42.5 Å². The third kappa shape index (κ3) is 2.55. The summed E-state index contributed by atoms with van der Waals surface area (Å²) in [5, 5.41) is 0. The van der Waals surface area contributed by atoms with Crippen LogP contribution in [0.3, 0.4) is 0 Å². The van der Waals surface area contributed by atoms with Gasteiger partial charge in [0.2, 0.25) is 10.0 Å². The van der Waals surface area contributed by atoms with E-state index < -0.39 is 10.0 Å². The molecule has 3 atom stereocenters. The number of allylic oxidation sites excluding steroid dienone is 1. The monoisotopic (exact) mass is 305 g/mol. The van der Waals surface area contributed by atoms with E-state index in [-0.39, 0.29) is 5.41 Å². The average molecular weight is 305 g/mol. The second kappa shape index (κ2) is 4.96. The highest BCUT2D eigenvalue weighted by Gasteiger charge is 2.48. The number of rotatable bonds is 3. The highest BCUT2D eigenvalue weighted by atomic mass is 32.2. The molecule has 1 aromatic rings. The van der Waals surface area contributed by atoms with Crippen LogP contribution in [0.4, 0.5) is 0 Å². The van der Waals surface area contributed by atoms with Crippen LogP contribution in [-0.2, 0) is 10.0 Å². The van der Waals surface area contributed by atoms with Crippen molar-refractivity contribution in [2.24, 2.45) is 17.3 Å². The molecule has 114 valence electrons. The Morgan fingerprint density at radius 2 is 1.71 bits per heavy atom. The number of aryl methyl sites for hydroxylation is 1. The molecule has 3 nitrogen and oxygen atoms in total. The van der Waals surface area contributed by atoms with E-state index in [1.807, 2.05) is 25.1 Å². The molecule has 0 aromatic heterocycles. The zero-order valence-electron chi connectivity index (χ0n) is 12.7. The summed E-state index contributed by atoms with van der Waals surface area (Å²) in [6.07, 6.45) is 4.16. The maximum Gasteiger partial charge on any atom is 0.243 e. The fourth-order valence-corrected chi connectivity index (χ4v) is 5.42. The van der Waals surface area contributed by atoms with E-state index >= 15 is 0 Å². The first-order valence-corrected chi connectivity index (χ1v) is 8.98. The Morgan fingerprint density at radius 1 is 1.19 bits per heavy atom. The minimum Gasteiger partial charge on any atom is -0.207 e. The fourth-order valence-electron chi connectivity index (χ4n) is 3.86. The van der Waals surface area contributed by atoms with E-state index in [2.05, 4.69) is 13.5 Å². The maximum atomic E-state index is 12.7. The van der Waals surface area contributed by atoms with Gasteiger partial charge in [-0.3, -0.25) is 0 Å². The van der Waals surface area contributed by atoms with Gasteiger partial charge in [0.15, 0.2) is 0 Å². The van der Waals surface area contributed by atoms with E-state index in [0.29, 0.717) is 29.8 Å². The van der Waals surface area contributed by atoms with Crippen LogP contribution < -0.4 is 0 Å². The maximum absolute atomic E-state index is 12.7. The van der Waals surface area contributed by atoms with Crippen molar-refractivity contribution in [1.82, 2.24) is 4.31 Å². The molecule has 2 aliphatic rings. The van der Waals surface area contributed by atoms with Crippen LogP contribution in [0.2, 0.25) is 0 Å². The molecule has 3 rings (SSSR count). The highest BCUT2D eigenvalue weighted by molar-refractivity contribution is 7.89. The number of hydrogen-bond acceptors (Lipinski definition) is 2. The lowest BCUT2D eigenvalue weighted by Crippen LogP contribution is -2.30. The third-order valence-corrected chi connectivity index (χ3v) is 7.00. The molecule has 0 bridgehead atoms. The van der Waals surface area contributed by atoms with E-state index in [9.17, 15) is 8.42 Å². The molecule has 1 aromatic carbocycles. The van der Waals surface area contributed by atoms with Gasteiger partial charge in [0.1, 0.15) is 0 Å². The molecule has 0 radical (unpaired) electrons. The molecule has 1 saturated carbocycles. The van der Waals surface area contributed by atoms with Crippen molar-refractivity contribution in [2.75, 3.05) is 13.1 Å². The molecule has 1 unspecified atom stereocenters. The van der Waals surface area contributed by atoms with Crippen molar-refractivity contribution < 1.29 is 8.42 Å². The minimum atomic E-state index is -3.33. The number of benzene rings is 1. The van der Waals surface area contributed by atoms with Gasteiger partial charge in [0.25, 0.3) is 0 Å². The van der Waals surface area contributed by atoms with E-state index in [4.69, 9.17) is 0 Å². The van der Waals surface area contributed by atoms with Crippen LogP contribution in [0.5, 0.6) is 0 Å². The summed E-state index contributed by atoms with van der Waals surface area (Å²) in [5.41, 5.74) is 1.27. The summed E-state index contributed by atoms with van der Waals surface area (Å²) in [4.78, 5) is 0.416. The number of nitrogens with zero attached hydrogens (tertiary/aromatic N) is 1. The molecule has 0 amide bonds. The SMILES string of the molecule is C=CC1(C)C[C@H]2CN(S(=O)(=O)c3ccc(C)cc3)C[C@H]2C1. The predicted octanol–water partition coefficient (Wildman–Crippen LogP) is 3.22. The average Bonchev–Trinajstić information content (AvgIpc) is 2.95. The van der Waals surface area contributed by atoms with Crippen molar-refractivity contribution in [1.29, 1.82) is 0 Å². The van der Waals surface area contributed by atoms with Crippen molar-refractivity contribution in [3.8, 4) is 0 Å². The summed E-state index contributed by atoms with van der Waals surface area (Å²) >= 11 is 0. The van der Waals surface area contributed by atoms with Gasteiger partial charge < -0.3 is 0 Å². The molecule has 1 aliphatic heterocycles. The Hall–Kier alpha value is -1.13. The van der Waals surface area contributed by atoms with Crippen molar-refractivity contribution in [3.63, 3.8) is 0 Å². The van der Waals surface area contributed by atoms with Crippen molar-refractivity contribution >= 4 is 10.0 Å². The van der Waals surface area contributed by atoms with E-state index in [1.165, 1.54) is 0 Å². The molecular weight excluding hydrogens is 282 g/mol. The Balaban J connectivity index is 1.79. The lowest BCUT2D eigenvalue weighted by Gasteiger charge is -2.23. The molecule has 1 aliphatic carbocycles. The Morgan fingerprint density at radius 3 is 2.19 bits per heavy atom. The first-order valence-electron chi connectivity index (χ1n) is 7.54. The first kappa shape index (κ1) is 14.8. The standard InChI is InChI=1S/C17H23NO2S/c1-4-17(3)9-14-11-18(12-15(14)10-17)21(19,20)16-7-5-13(2)6-8-16/h4-8,14-15H,1,9-12H2,2-3H3/t14-,15+,17?. The van der Waals surface area contributed by atoms with Crippen LogP contribution in [0.25, 0.3) is 0 Å². The fraction of sp³-hybridized carbons (Fsp3) is 0.529. The second-order valence-electron chi connectivity index (χ2n) is 6.92. The normalized spacial score (nSPS) is 33.0. The lowest BCUT2D eigenvalue weighted by molar-refractivity contribution is 0.363. The molecule has 4 heteroatoms. The Kier molecular flexibility index (Phi) is 3.49. The summed E-state index contributed by atoms with van der Waals surface area (Å²) in [6, 6.07) is 7.15. The van der Waals surface area contributed by atoms with Crippen LogP contribution in [0.1, 0.15) is 25.3 Å². The highest BCUT2D eigenvalue weighted by Crippen LogP contribution is 2.50. The molecule has 1 heterocycles. The van der Waals surface area contributed by atoms with Gasteiger partial charge in [-0.05, 0) is 49.1 Å². The molecule has 0 N–H and O–H groups in total. The molecule has 1 saturated heterocycles. The van der Waals surface area contributed by atoms with Crippen LogP contribution in [-0.4, -0.2) is 25.8 Å². The van der Waals surface area contributed by atoms with Gasteiger partial charge in [-0.2, -0.15) is 4.31 Å². The van der Waals surface area contributed by atoms with Gasteiger partial charge in [-0.25, -0.2) is 8.42 Å². The summed E-state index contributed by atoms with van der Waals surface area (Å²) in [6.45, 7) is 9.45. The van der Waals surface area contributed by atoms with Crippen LogP contribution in [0.15, 0.2) is 41.8 Å². The summed E-state index contributed by atoms with van der Waals surface area (Å²) in [7, 11) is -3.33. The van der Waals surface area contributed by atoms with Gasteiger partial charge in [-0.1, -0.05) is 30.7 Å². The quantitative estimate of drug-likeness (QED) is 0.804. The Bertz CT molecular complexity index is 634. The van der Waals surface area contributed by atoms with Gasteiger partial charge in [0.05, 0.1) is 4.90 Å². The zero-order chi connectivity index (χ0) is 15.3. The first-order chi connectivity index (χ1) is 9.84. The van der Waals surface area contributed by atoms with Gasteiger partial charge in [-0.15, -0.1) is 6.58 Å². The third-order valence-electron chi connectivity index (χ3n) is 5.15.